The van der Waals surface area contributed by atoms with Crippen molar-refractivity contribution in [2.75, 3.05) is 38.6 Å². The van der Waals surface area contributed by atoms with E-state index in [0.717, 1.165) is 60.7 Å². The van der Waals surface area contributed by atoms with Gasteiger partial charge in [-0.3, -0.25) is 4.90 Å². The number of benzene rings is 2. The van der Waals surface area contributed by atoms with Crippen molar-refractivity contribution in [1.29, 1.82) is 0 Å². The molecule has 27 heavy (non-hydrogen) atoms. The van der Waals surface area contributed by atoms with Crippen molar-refractivity contribution in [2.45, 2.75) is 11.8 Å². The van der Waals surface area contributed by atoms with Crippen LogP contribution >= 0.6 is 11.8 Å². The van der Waals surface area contributed by atoms with E-state index in [1.165, 1.54) is 5.39 Å². The van der Waals surface area contributed by atoms with Crippen molar-refractivity contribution in [3.05, 3.63) is 48.3 Å². The van der Waals surface area contributed by atoms with Crippen molar-refractivity contribution >= 4 is 22.5 Å². The van der Waals surface area contributed by atoms with Gasteiger partial charge in [-0.05, 0) is 11.5 Å². The van der Waals surface area contributed by atoms with E-state index in [1.54, 1.807) is 11.8 Å². The SMILES string of the molecule is Cn1c(COc2cccc3ccccc23)nnc1SCCN1CCOCC1. The number of fused-ring (bicyclic) bond motifs is 1. The Labute approximate surface area is 163 Å². The van der Waals surface area contributed by atoms with Gasteiger partial charge in [-0.2, -0.15) is 0 Å². The smallest absolute Gasteiger partial charge is 0.191 e. The summed E-state index contributed by atoms with van der Waals surface area (Å²) in [5, 5.41) is 11.9. The fraction of sp³-hybridized carbons (Fsp3) is 0.400. The van der Waals surface area contributed by atoms with Gasteiger partial charge in [0.2, 0.25) is 0 Å². The first kappa shape index (κ1) is 18.3. The molecule has 0 unspecified atom stereocenters. The molecule has 0 amide bonds. The third-order valence-corrected chi connectivity index (χ3v) is 5.77. The molecule has 0 radical (unpaired) electrons. The molecule has 3 aromatic rings. The van der Waals surface area contributed by atoms with E-state index < -0.39 is 0 Å². The molecule has 7 heteroatoms. The number of morpholine rings is 1. The van der Waals surface area contributed by atoms with Gasteiger partial charge in [0.15, 0.2) is 11.0 Å². The Hall–Kier alpha value is -2.09. The molecule has 0 atom stereocenters. The predicted molar refractivity (Wildman–Crippen MR) is 107 cm³/mol. The van der Waals surface area contributed by atoms with E-state index >= 15 is 0 Å². The van der Waals surface area contributed by atoms with Crippen LogP contribution in [0, 0.1) is 0 Å². The van der Waals surface area contributed by atoms with Gasteiger partial charge in [0.1, 0.15) is 12.4 Å². The average molecular weight is 385 g/mol. The molecule has 1 saturated heterocycles. The molecule has 1 fully saturated rings. The van der Waals surface area contributed by atoms with Gasteiger partial charge in [-0.1, -0.05) is 48.2 Å². The summed E-state index contributed by atoms with van der Waals surface area (Å²) in [4.78, 5) is 2.43. The molecule has 6 nitrogen and oxygen atoms in total. The quantitative estimate of drug-likeness (QED) is 0.584. The summed E-state index contributed by atoms with van der Waals surface area (Å²) in [5.41, 5.74) is 0. The van der Waals surface area contributed by atoms with E-state index in [0.29, 0.717) is 6.61 Å². The molecule has 142 valence electrons. The van der Waals surface area contributed by atoms with Crippen LogP contribution < -0.4 is 4.74 Å². The Morgan fingerprint density at radius 1 is 1.07 bits per heavy atom. The van der Waals surface area contributed by atoms with Crippen molar-refractivity contribution < 1.29 is 9.47 Å². The summed E-state index contributed by atoms with van der Waals surface area (Å²) < 4.78 is 13.5. The van der Waals surface area contributed by atoms with Crippen LogP contribution in [0.15, 0.2) is 47.6 Å². The number of hydrogen-bond donors (Lipinski definition) is 0. The molecule has 1 aromatic heterocycles. The van der Waals surface area contributed by atoms with Crippen molar-refractivity contribution in [3.8, 4) is 5.75 Å². The van der Waals surface area contributed by atoms with Crippen LogP contribution in [-0.2, 0) is 18.4 Å². The summed E-state index contributed by atoms with van der Waals surface area (Å²) in [6.45, 7) is 5.16. The topological polar surface area (TPSA) is 52.4 Å². The fourth-order valence-corrected chi connectivity index (χ4v) is 4.08. The van der Waals surface area contributed by atoms with Gasteiger partial charge in [-0.25, -0.2) is 0 Å². The lowest BCUT2D eigenvalue weighted by molar-refractivity contribution is 0.0410. The molecule has 0 saturated carbocycles. The maximum absolute atomic E-state index is 6.04. The molecule has 0 bridgehead atoms. The third kappa shape index (κ3) is 4.43. The summed E-state index contributed by atoms with van der Waals surface area (Å²) in [5.74, 6) is 2.70. The number of thioether (sulfide) groups is 1. The Balaban J connectivity index is 1.34. The fourth-order valence-electron chi connectivity index (χ4n) is 3.15. The predicted octanol–water partition coefficient (Wildman–Crippen LogP) is 2.97. The molecular formula is C20H24N4O2S. The second-order valence-electron chi connectivity index (χ2n) is 6.53. The van der Waals surface area contributed by atoms with Gasteiger partial charge in [0.25, 0.3) is 0 Å². The molecule has 0 spiro atoms. The molecule has 1 aliphatic heterocycles. The Bertz CT molecular complexity index is 887. The van der Waals surface area contributed by atoms with Crippen molar-refractivity contribution in [2.24, 2.45) is 7.05 Å². The molecule has 2 heterocycles. The summed E-state index contributed by atoms with van der Waals surface area (Å²) in [6, 6.07) is 14.3. The van der Waals surface area contributed by atoms with E-state index in [2.05, 4.69) is 33.3 Å². The van der Waals surface area contributed by atoms with E-state index in [9.17, 15) is 0 Å². The van der Waals surface area contributed by atoms with Crippen LogP contribution in [0.1, 0.15) is 5.82 Å². The molecule has 0 N–H and O–H groups in total. The highest BCUT2D eigenvalue weighted by atomic mass is 32.2. The molecule has 0 aliphatic carbocycles. The molecule has 1 aliphatic rings. The minimum Gasteiger partial charge on any atom is -0.485 e. The zero-order valence-electron chi connectivity index (χ0n) is 15.5. The summed E-state index contributed by atoms with van der Waals surface area (Å²) >= 11 is 1.74. The first-order valence-corrected chi connectivity index (χ1v) is 10.2. The Kier molecular flexibility index (Phi) is 5.91. The highest BCUT2D eigenvalue weighted by Crippen LogP contribution is 2.26. The normalized spacial score (nSPS) is 15.3. The van der Waals surface area contributed by atoms with Gasteiger partial charge in [0, 0.05) is 37.8 Å². The highest BCUT2D eigenvalue weighted by molar-refractivity contribution is 7.99. The van der Waals surface area contributed by atoms with Crippen LogP contribution in [0.25, 0.3) is 10.8 Å². The highest BCUT2D eigenvalue weighted by Gasteiger charge is 2.13. The minimum atomic E-state index is 0.404. The van der Waals surface area contributed by atoms with Gasteiger partial charge in [0.05, 0.1) is 13.2 Å². The van der Waals surface area contributed by atoms with E-state index in [1.807, 2.05) is 35.9 Å². The maximum Gasteiger partial charge on any atom is 0.191 e. The zero-order chi connectivity index (χ0) is 18.5. The second kappa shape index (κ2) is 8.73. The monoisotopic (exact) mass is 384 g/mol. The van der Waals surface area contributed by atoms with Crippen LogP contribution in [0.3, 0.4) is 0 Å². The molecule has 2 aromatic carbocycles. The number of nitrogens with zero attached hydrogens (tertiary/aromatic N) is 4. The summed E-state index contributed by atoms with van der Waals surface area (Å²) in [6.07, 6.45) is 0. The third-order valence-electron chi connectivity index (χ3n) is 4.77. The van der Waals surface area contributed by atoms with Crippen LogP contribution in [0.4, 0.5) is 0 Å². The lowest BCUT2D eigenvalue weighted by Gasteiger charge is -2.26. The largest absolute Gasteiger partial charge is 0.485 e. The lowest BCUT2D eigenvalue weighted by Crippen LogP contribution is -2.37. The van der Waals surface area contributed by atoms with Crippen LogP contribution in [-0.4, -0.2) is 58.3 Å². The van der Waals surface area contributed by atoms with Crippen LogP contribution in [0.5, 0.6) is 5.75 Å². The van der Waals surface area contributed by atoms with Gasteiger partial charge < -0.3 is 14.0 Å². The first-order chi connectivity index (χ1) is 13.3. The van der Waals surface area contributed by atoms with Crippen molar-refractivity contribution in [1.82, 2.24) is 19.7 Å². The average Bonchev–Trinajstić information content (AvgIpc) is 3.07. The van der Waals surface area contributed by atoms with Crippen molar-refractivity contribution in [3.63, 3.8) is 0 Å². The maximum atomic E-state index is 6.04. The minimum absolute atomic E-state index is 0.404. The Morgan fingerprint density at radius 3 is 2.78 bits per heavy atom. The van der Waals surface area contributed by atoms with E-state index in [4.69, 9.17) is 9.47 Å². The number of ether oxygens (including phenoxy) is 2. The summed E-state index contributed by atoms with van der Waals surface area (Å²) in [7, 11) is 2.00. The van der Waals surface area contributed by atoms with Crippen LogP contribution in [0.2, 0.25) is 0 Å². The first-order valence-electron chi connectivity index (χ1n) is 9.23. The van der Waals surface area contributed by atoms with E-state index in [-0.39, 0.29) is 0 Å². The Morgan fingerprint density at radius 2 is 1.89 bits per heavy atom. The number of hydrogen-bond acceptors (Lipinski definition) is 6. The number of aromatic nitrogens is 3. The van der Waals surface area contributed by atoms with Gasteiger partial charge >= 0.3 is 0 Å². The molecular weight excluding hydrogens is 360 g/mol. The molecule has 4 rings (SSSR count). The van der Waals surface area contributed by atoms with Gasteiger partial charge in [-0.15, -0.1) is 10.2 Å². The lowest BCUT2D eigenvalue weighted by atomic mass is 10.1. The second-order valence-corrected chi connectivity index (χ2v) is 7.59. The zero-order valence-corrected chi connectivity index (χ0v) is 16.3. The standard InChI is InChI=1S/C20H24N4O2S/c1-23-19(15-26-18-8-4-6-16-5-2-3-7-17(16)18)21-22-20(23)27-14-11-24-9-12-25-13-10-24/h2-8H,9-15H2,1H3. The number of rotatable bonds is 7.